The van der Waals surface area contributed by atoms with Gasteiger partial charge in [-0.25, -0.2) is 0 Å². The number of aliphatic hydroxyl groups excluding tert-OH is 3. The Morgan fingerprint density at radius 1 is 1.15 bits per heavy atom. The van der Waals surface area contributed by atoms with E-state index in [4.69, 9.17) is 9.84 Å². The van der Waals surface area contributed by atoms with E-state index in [1.165, 1.54) is 0 Å². The standard InChI is InChI=1S/C9H18O4/c1-3-6-9(12)8(11)5(2)7(4-10)13-6/h5-12H,3-4H2,1-2H3. The first-order valence-corrected chi connectivity index (χ1v) is 4.74. The first-order chi connectivity index (χ1) is 6.11. The molecule has 0 bridgehead atoms. The third-order valence-electron chi connectivity index (χ3n) is 2.79. The maximum Gasteiger partial charge on any atom is 0.106 e. The molecule has 1 aliphatic heterocycles. The van der Waals surface area contributed by atoms with Gasteiger partial charge >= 0.3 is 0 Å². The SMILES string of the molecule is CCC1OC(CO)C(C)C(O)C1O. The van der Waals surface area contributed by atoms with Crippen molar-refractivity contribution in [1.29, 1.82) is 0 Å². The van der Waals surface area contributed by atoms with Gasteiger partial charge in [0.2, 0.25) is 0 Å². The van der Waals surface area contributed by atoms with Crippen molar-refractivity contribution in [2.24, 2.45) is 5.92 Å². The highest BCUT2D eigenvalue weighted by molar-refractivity contribution is 4.89. The van der Waals surface area contributed by atoms with Crippen LogP contribution < -0.4 is 0 Å². The molecule has 4 nitrogen and oxygen atoms in total. The van der Waals surface area contributed by atoms with Crippen LogP contribution in [-0.4, -0.2) is 46.3 Å². The van der Waals surface area contributed by atoms with Crippen LogP contribution in [0.1, 0.15) is 20.3 Å². The molecule has 0 saturated carbocycles. The fraction of sp³-hybridized carbons (Fsp3) is 1.00. The smallest absolute Gasteiger partial charge is 0.106 e. The lowest BCUT2D eigenvalue weighted by Gasteiger charge is -2.40. The molecule has 1 heterocycles. The zero-order valence-electron chi connectivity index (χ0n) is 8.05. The van der Waals surface area contributed by atoms with Crippen LogP contribution in [0.5, 0.6) is 0 Å². The fourth-order valence-electron chi connectivity index (χ4n) is 1.73. The summed E-state index contributed by atoms with van der Waals surface area (Å²) >= 11 is 0. The summed E-state index contributed by atoms with van der Waals surface area (Å²) in [6, 6.07) is 0. The zero-order valence-corrected chi connectivity index (χ0v) is 8.05. The van der Waals surface area contributed by atoms with Crippen molar-refractivity contribution in [2.75, 3.05) is 6.61 Å². The van der Waals surface area contributed by atoms with Crippen LogP contribution in [0.25, 0.3) is 0 Å². The average molecular weight is 190 g/mol. The van der Waals surface area contributed by atoms with Gasteiger partial charge in [-0.1, -0.05) is 13.8 Å². The molecular weight excluding hydrogens is 172 g/mol. The Labute approximate surface area is 78.1 Å². The fourth-order valence-corrected chi connectivity index (χ4v) is 1.73. The predicted molar refractivity (Wildman–Crippen MR) is 47.2 cm³/mol. The molecule has 1 saturated heterocycles. The Bertz CT molecular complexity index is 142. The molecule has 0 radical (unpaired) electrons. The van der Waals surface area contributed by atoms with Crippen molar-refractivity contribution < 1.29 is 20.1 Å². The maximum absolute atomic E-state index is 9.61. The number of aliphatic hydroxyl groups is 3. The third-order valence-corrected chi connectivity index (χ3v) is 2.79. The van der Waals surface area contributed by atoms with Crippen LogP contribution in [0.3, 0.4) is 0 Å². The topological polar surface area (TPSA) is 69.9 Å². The van der Waals surface area contributed by atoms with E-state index in [9.17, 15) is 10.2 Å². The van der Waals surface area contributed by atoms with Gasteiger partial charge in [0.15, 0.2) is 0 Å². The Kier molecular flexibility index (Phi) is 3.67. The highest BCUT2D eigenvalue weighted by Crippen LogP contribution is 2.26. The normalized spacial score (nSPS) is 46.4. The van der Waals surface area contributed by atoms with Crippen molar-refractivity contribution in [3.63, 3.8) is 0 Å². The number of ether oxygens (including phenoxy) is 1. The summed E-state index contributed by atoms with van der Waals surface area (Å²) in [5, 5.41) is 28.1. The molecule has 13 heavy (non-hydrogen) atoms. The van der Waals surface area contributed by atoms with Gasteiger partial charge in [0.05, 0.1) is 24.9 Å². The van der Waals surface area contributed by atoms with Crippen molar-refractivity contribution in [3.8, 4) is 0 Å². The molecule has 0 aliphatic carbocycles. The van der Waals surface area contributed by atoms with E-state index in [2.05, 4.69) is 0 Å². The van der Waals surface area contributed by atoms with Crippen molar-refractivity contribution in [3.05, 3.63) is 0 Å². The largest absolute Gasteiger partial charge is 0.394 e. The van der Waals surface area contributed by atoms with Gasteiger partial charge in [-0.15, -0.1) is 0 Å². The molecule has 4 heteroatoms. The second kappa shape index (κ2) is 4.37. The Hall–Kier alpha value is -0.160. The lowest BCUT2D eigenvalue weighted by Crippen LogP contribution is -2.54. The van der Waals surface area contributed by atoms with Gasteiger partial charge in [0, 0.05) is 5.92 Å². The second-order valence-corrected chi connectivity index (χ2v) is 3.64. The minimum atomic E-state index is -0.831. The molecule has 0 amide bonds. The third kappa shape index (κ3) is 2.02. The molecular formula is C9H18O4. The van der Waals surface area contributed by atoms with Crippen LogP contribution in [0.2, 0.25) is 0 Å². The molecule has 1 fully saturated rings. The summed E-state index contributed by atoms with van der Waals surface area (Å²) in [5.41, 5.74) is 0. The van der Waals surface area contributed by atoms with Crippen LogP contribution >= 0.6 is 0 Å². The van der Waals surface area contributed by atoms with E-state index in [1.54, 1.807) is 6.92 Å². The first kappa shape index (κ1) is 10.9. The van der Waals surface area contributed by atoms with Crippen LogP contribution in [0.15, 0.2) is 0 Å². The summed E-state index contributed by atoms with van der Waals surface area (Å²) in [6.45, 7) is 3.53. The molecule has 5 unspecified atom stereocenters. The molecule has 0 aromatic carbocycles. The van der Waals surface area contributed by atoms with Gasteiger partial charge in [-0.3, -0.25) is 0 Å². The van der Waals surface area contributed by atoms with Gasteiger partial charge in [-0.05, 0) is 6.42 Å². The number of rotatable bonds is 2. The van der Waals surface area contributed by atoms with E-state index in [0.717, 1.165) is 0 Å². The quantitative estimate of drug-likeness (QED) is 0.550. The van der Waals surface area contributed by atoms with Gasteiger partial charge < -0.3 is 20.1 Å². The summed E-state index contributed by atoms with van der Waals surface area (Å²) in [6.07, 6.45) is -1.70. The van der Waals surface area contributed by atoms with Gasteiger partial charge in [-0.2, -0.15) is 0 Å². The van der Waals surface area contributed by atoms with Gasteiger partial charge in [0.25, 0.3) is 0 Å². The summed E-state index contributed by atoms with van der Waals surface area (Å²) in [5.74, 6) is -0.220. The van der Waals surface area contributed by atoms with Crippen molar-refractivity contribution >= 4 is 0 Å². The summed E-state index contributed by atoms with van der Waals surface area (Å²) in [7, 11) is 0. The van der Waals surface area contributed by atoms with Crippen LogP contribution in [0.4, 0.5) is 0 Å². The Morgan fingerprint density at radius 3 is 2.23 bits per heavy atom. The molecule has 0 aromatic heterocycles. The minimum absolute atomic E-state index is 0.110. The van der Waals surface area contributed by atoms with E-state index in [-0.39, 0.29) is 24.7 Å². The van der Waals surface area contributed by atoms with E-state index >= 15 is 0 Å². The highest BCUT2D eigenvalue weighted by Gasteiger charge is 2.40. The molecule has 0 aromatic rings. The minimum Gasteiger partial charge on any atom is -0.394 e. The summed E-state index contributed by atoms with van der Waals surface area (Å²) in [4.78, 5) is 0. The Balaban J connectivity index is 2.66. The molecule has 1 rings (SSSR count). The molecule has 78 valence electrons. The lowest BCUT2D eigenvalue weighted by molar-refractivity contribution is -0.204. The Morgan fingerprint density at radius 2 is 1.77 bits per heavy atom. The maximum atomic E-state index is 9.61. The van der Waals surface area contributed by atoms with Crippen molar-refractivity contribution in [1.82, 2.24) is 0 Å². The zero-order chi connectivity index (χ0) is 10.0. The average Bonchev–Trinajstić information content (AvgIpc) is 2.15. The predicted octanol–water partition coefficient (Wildman–Crippen LogP) is -0.486. The molecule has 1 aliphatic rings. The van der Waals surface area contributed by atoms with E-state index in [1.807, 2.05) is 6.92 Å². The van der Waals surface area contributed by atoms with Crippen molar-refractivity contribution in [2.45, 2.75) is 44.7 Å². The van der Waals surface area contributed by atoms with E-state index in [0.29, 0.717) is 6.42 Å². The number of hydrogen-bond donors (Lipinski definition) is 3. The highest BCUT2D eigenvalue weighted by atomic mass is 16.5. The van der Waals surface area contributed by atoms with Crippen LogP contribution in [0, 0.1) is 5.92 Å². The van der Waals surface area contributed by atoms with E-state index < -0.39 is 12.2 Å². The monoisotopic (exact) mass is 190 g/mol. The second-order valence-electron chi connectivity index (χ2n) is 3.64. The summed E-state index contributed by atoms with van der Waals surface area (Å²) < 4.78 is 5.42. The number of hydrogen-bond acceptors (Lipinski definition) is 4. The van der Waals surface area contributed by atoms with Crippen LogP contribution in [-0.2, 0) is 4.74 Å². The molecule has 5 atom stereocenters. The molecule has 3 N–H and O–H groups in total. The molecule has 0 spiro atoms. The van der Waals surface area contributed by atoms with Gasteiger partial charge in [0.1, 0.15) is 6.10 Å². The first-order valence-electron chi connectivity index (χ1n) is 4.74. The lowest BCUT2D eigenvalue weighted by atomic mass is 9.87.